The third-order valence-corrected chi connectivity index (χ3v) is 13.0. The minimum absolute atomic E-state index is 0.103. The van der Waals surface area contributed by atoms with Crippen LogP contribution in [0, 0.1) is 34.0 Å². The van der Waals surface area contributed by atoms with Crippen LogP contribution in [0.2, 0.25) is 0 Å². The predicted molar refractivity (Wildman–Crippen MR) is 156 cm³/mol. The highest BCUT2D eigenvalue weighted by Gasteiger charge is 2.80. The van der Waals surface area contributed by atoms with Crippen LogP contribution >= 0.6 is 11.8 Å². The number of ether oxygens (including phenoxy) is 1. The average Bonchev–Trinajstić information content (AvgIpc) is 3.70. The summed E-state index contributed by atoms with van der Waals surface area (Å²) in [5.41, 5.74) is -4.80. The van der Waals surface area contributed by atoms with E-state index in [1.807, 2.05) is 19.9 Å². The fourth-order valence-electron chi connectivity index (χ4n) is 10.4. The lowest BCUT2D eigenvalue weighted by atomic mass is 9.41. The summed E-state index contributed by atoms with van der Waals surface area (Å²) in [5.74, 6) is -2.95. The fourth-order valence-corrected chi connectivity index (χ4v) is 11.3. The zero-order valence-electron chi connectivity index (χ0n) is 24.7. The van der Waals surface area contributed by atoms with Crippen molar-refractivity contribution < 1.29 is 37.7 Å². The fraction of sp³-hybridized carbons (Fsp3) is 0.625. The van der Waals surface area contributed by atoms with Crippen molar-refractivity contribution in [1.29, 1.82) is 0 Å². The van der Waals surface area contributed by atoms with Crippen molar-refractivity contribution in [3.63, 3.8) is 0 Å². The van der Waals surface area contributed by atoms with Gasteiger partial charge in [-0.15, -0.1) is 0 Å². The Morgan fingerprint density at radius 2 is 1.98 bits per heavy atom. The van der Waals surface area contributed by atoms with Crippen LogP contribution in [0.4, 0.5) is 13.2 Å². The third-order valence-electron chi connectivity index (χ3n) is 12.3. The van der Waals surface area contributed by atoms with Crippen molar-refractivity contribution in [3.8, 4) is 5.69 Å². The van der Waals surface area contributed by atoms with E-state index < -0.39 is 68.5 Å². The molecule has 0 unspecified atom stereocenters. The van der Waals surface area contributed by atoms with Crippen LogP contribution in [0.25, 0.3) is 11.8 Å². The number of allylic oxidation sites excluding steroid dienone is 1. The third kappa shape index (κ3) is 3.50. The summed E-state index contributed by atoms with van der Waals surface area (Å²) in [4.78, 5) is 30.7. The molecule has 7 rings (SSSR count). The highest BCUT2D eigenvalue weighted by molar-refractivity contribution is 8.13. The quantitative estimate of drug-likeness (QED) is 0.419. The monoisotopic (exact) mass is 631 g/mol. The lowest BCUT2D eigenvalue weighted by Crippen LogP contribution is -2.71. The van der Waals surface area contributed by atoms with Gasteiger partial charge in [0.25, 0.3) is 0 Å². The molecule has 0 aromatic carbocycles. The van der Waals surface area contributed by atoms with E-state index in [1.165, 1.54) is 12.3 Å². The number of alkyl halides is 2. The van der Waals surface area contributed by atoms with E-state index in [0.717, 1.165) is 16.8 Å². The van der Waals surface area contributed by atoms with E-state index in [-0.39, 0.29) is 32.3 Å². The number of aliphatic hydroxyl groups is 1. The Hall–Kier alpha value is -2.70. The second-order valence-corrected chi connectivity index (χ2v) is 14.6. The summed E-state index contributed by atoms with van der Waals surface area (Å²) in [5, 5.41) is 26.5. The molecule has 8 atom stereocenters. The minimum Gasteiger partial charge on any atom is -0.479 e. The Labute approximate surface area is 257 Å². The molecule has 0 spiro atoms. The van der Waals surface area contributed by atoms with Gasteiger partial charge in [0.2, 0.25) is 11.1 Å². The summed E-state index contributed by atoms with van der Waals surface area (Å²) in [7, 11) is 0. The topological polar surface area (TPSA) is 115 Å². The van der Waals surface area contributed by atoms with Crippen molar-refractivity contribution in [3.05, 3.63) is 47.3 Å². The van der Waals surface area contributed by atoms with Crippen LogP contribution in [-0.4, -0.2) is 66.0 Å². The average molecular weight is 632 g/mol. The number of rotatable bonds is 5. The van der Waals surface area contributed by atoms with Gasteiger partial charge in [0, 0.05) is 17.9 Å². The number of fused-ring (bicyclic) bond motifs is 6. The maximum atomic E-state index is 18.2. The molecular formula is C32H36F3N3O5S. The van der Waals surface area contributed by atoms with Crippen LogP contribution in [0.3, 0.4) is 0 Å². The lowest BCUT2D eigenvalue weighted by molar-refractivity contribution is -0.236. The first-order chi connectivity index (χ1) is 20.9. The first-order valence-corrected chi connectivity index (χ1v) is 16.3. The molecule has 0 radical (unpaired) electrons. The Morgan fingerprint density at radius 3 is 2.64 bits per heavy atom. The number of hydrogen-bond donors (Lipinski definition) is 2. The van der Waals surface area contributed by atoms with Crippen molar-refractivity contribution >= 4 is 28.9 Å². The molecule has 4 fully saturated rings. The number of aromatic nitrogens is 3. The predicted octanol–water partition coefficient (Wildman–Crippen LogP) is 5.46. The minimum atomic E-state index is -2.07. The number of carbonyl (C=O) groups excluding carboxylic acids is 1. The lowest BCUT2D eigenvalue weighted by Gasteiger charge is -2.65. The molecule has 4 aliphatic carbocycles. The van der Waals surface area contributed by atoms with Gasteiger partial charge in [0.1, 0.15) is 11.7 Å². The van der Waals surface area contributed by atoms with Gasteiger partial charge < -0.3 is 14.9 Å². The number of aliphatic carboxylic acids is 1. The van der Waals surface area contributed by atoms with Crippen molar-refractivity contribution in [2.75, 3.05) is 12.6 Å². The van der Waals surface area contributed by atoms with Crippen molar-refractivity contribution in [2.24, 2.45) is 28.1 Å². The number of halogens is 3. The Balaban J connectivity index is 1.31. The van der Waals surface area contributed by atoms with E-state index in [4.69, 9.17) is 4.74 Å². The molecule has 3 saturated carbocycles. The summed E-state index contributed by atoms with van der Waals surface area (Å²) >= 11 is 0.457. The van der Waals surface area contributed by atoms with Crippen LogP contribution in [0.15, 0.2) is 30.1 Å². The SMILES string of the molecule is C[C@]12Cc3cnn(-c4ccc(F)nc4)c3C=C1CC[C@H]1[C@@H]3CC[C@](C(=O)SCF)([C@@]4(C(=O)O)CCCO4)[C@@]3(C)C[C@H](O)[C@@]12F. The Bertz CT molecular complexity index is 1560. The van der Waals surface area contributed by atoms with Gasteiger partial charge in [-0.3, -0.25) is 4.79 Å². The first kappa shape index (κ1) is 30.0. The number of pyridine rings is 1. The van der Waals surface area contributed by atoms with Gasteiger partial charge in [-0.25, -0.2) is 23.2 Å². The highest BCUT2D eigenvalue weighted by Crippen LogP contribution is 2.75. The van der Waals surface area contributed by atoms with E-state index in [9.17, 15) is 28.6 Å². The molecule has 2 aromatic rings. The van der Waals surface area contributed by atoms with Crippen LogP contribution in [0.1, 0.15) is 70.1 Å². The Kier molecular flexibility index (Phi) is 6.74. The maximum absolute atomic E-state index is 18.2. The molecule has 0 bridgehead atoms. The molecule has 1 saturated heterocycles. The molecule has 0 amide bonds. The number of carboxylic acids is 1. The standard InChI is InChI=1S/C32H36F3N3O5S/c1-28-13-18-15-37-38(20-5-7-25(34)36-16-20)23(18)12-19(28)4-6-22-21-8-10-30(27(42)44-17-33,31(26(40)41)9-3-11-43-31)29(21,2)14-24(39)32(22,28)35/h5,7,12,15-16,21-22,24,39H,3-4,6,8-11,13-14,17H2,1-2H3,(H,40,41)/t21-,22-,24-,28-,29-,30+,31-,32-/m0/s1. The molecule has 12 heteroatoms. The van der Waals surface area contributed by atoms with Gasteiger partial charge in [-0.1, -0.05) is 31.2 Å². The van der Waals surface area contributed by atoms with E-state index in [1.54, 1.807) is 16.9 Å². The highest BCUT2D eigenvalue weighted by atomic mass is 32.2. The maximum Gasteiger partial charge on any atom is 0.337 e. The molecular weight excluding hydrogens is 595 g/mol. The second-order valence-electron chi connectivity index (χ2n) is 13.7. The largest absolute Gasteiger partial charge is 0.479 e. The number of hydrogen-bond acceptors (Lipinski definition) is 7. The molecule has 5 aliphatic rings. The summed E-state index contributed by atoms with van der Waals surface area (Å²) in [6.45, 7) is 3.82. The van der Waals surface area contributed by atoms with Gasteiger partial charge in [0.15, 0.2) is 5.60 Å². The molecule has 1 aliphatic heterocycles. The van der Waals surface area contributed by atoms with Crippen LogP contribution in [0.5, 0.6) is 0 Å². The van der Waals surface area contributed by atoms with Crippen molar-refractivity contribution in [2.45, 2.75) is 82.6 Å². The van der Waals surface area contributed by atoms with Crippen molar-refractivity contribution in [1.82, 2.24) is 14.8 Å². The number of thioether (sulfide) groups is 1. The molecule has 2 N–H and O–H groups in total. The molecule has 2 aromatic heterocycles. The molecule has 44 heavy (non-hydrogen) atoms. The second kappa shape index (κ2) is 9.90. The van der Waals surface area contributed by atoms with Gasteiger partial charge in [0.05, 0.1) is 35.3 Å². The normalized spacial score (nSPS) is 40.9. The number of carboxylic acid groups (broad SMARTS) is 1. The zero-order valence-corrected chi connectivity index (χ0v) is 25.5. The molecule has 236 valence electrons. The first-order valence-electron chi connectivity index (χ1n) is 15.3. The van der Waals surface area contributed by atoms with E-state index >= 15 is 4.39 Å². The summed E-state index contributed by atoms with van der Waals surface area (Å²) < 4.78 is 53.0. The number of nitrogens with zero attached hydrogens (tertiary/aromatic N) is 3. The molecule has 3 heterocycles. The number of aliphatic hydroxyl groups excluding tert-OH is 1. The summed E-state index contributed by atoms with van der Waals surface area (Å²) in [6, 6.07) is 1.82. The van der Waals surface area contributed by atoms with E-state index in [0.29, 0.717) is 43.1 Å². The van der Waals surface area contributed by atoms with Crippen LogP contribution < -0.4 is 0 Å². The molecule has 8 nitrogen and oxygen atoms in total. The van der Waals surface area contributed by atoms with E-state index in [2.05, 4.69) is 10.1 Å². The van der Waals surface area contributed by atoms with Crippen LogP contribution in [-0.2, 0) is 20.7 Å². The van der Waals surface area contributed by atoms with Gasteiger partial charge >= 0.3 is 5.97 Å². The number of carbonyl (C=O) groups is 2. The van der Waals surface area contributed by atoms with Gasteiger partial charge in [-0.2, -0.15) is 9.49 Å². The Morgan fingerprint density at radius 1 is 1.18 bits per heavy atom. The zero-order chi connectivity index (χ0) is 31.3. The summed E-state index contributed by atoms with van der Waals surface area (Å²) in [6.07, 6.45) is 5.62. The smallest absolute Gasteiger partial charge is 0.337 e. The van der Waals surface area contributed by atoms with Gasteiger partial charge in [-0.05, 0) is 86.5 Å².